The summed E-state index contributed by atoms with van der Waals surface area (Å²) in [6.07, 6.45) is 1.63. The summed E-state index contributed by atoms with van der Waals surface area (Å²) in [6, 6.07) is 3.74. The van der Waals surface area contributed by atoms with Gasteiger partial charge in [-0.1, -0.05) is 0 Å². The SMILES string of the molecule is COCc1cc(C#N)ncc1B1OC(C)(C)C(C)(C)O1. The Morgan fingerprint density at radius 2 is 1.90 bits per heavy atom. The molecule has 1 aromatic rings. The normalized spacial score (nSPS) is 19.9. The second-order valence-electron chi connectivity index (χ2n) is 5.90. The first-order valence-corrected chi connectivity index (χ1v) is 6.54. The summed E-state index contributed by atoms with van der Waals surface area (Å²) in [7, 11) is 1.12. The predicted octanol–water partition coefficient (Wildman–Crippen LogP) is 1.40. The van der Waals surface area contributed by atoms with Gasteiger partial charge in [-0.3, -0.25) is 0 Å². The van der Waals surface area contributed by atoms with Crippen molar-refractivity contribution in [3.05, 3.63) is 23.5 Å². The average molecular weight is 274 g/mol. The van der Waals surface area contributed by atoms with E-state index in [0.717, 1.165) is 11.0 Å². The van der Waals surface area contributed by atoms with Crippen LogP contribution in [0.1, 0.15) is 39.0 Å². The molecule has 0 spiro atoms. The lowest BCUT2D eigenvalue weighted by atomic mass is 9.77. The quantitative estimate of drug-likeness (QED) is 0.779. The van der Waals surface area contributed by atoms with E-state index in [0.29, 0.717) is 12.3 Å². The van der Waals surface area contributed by atoms with Crippen molar-refractivity contribution in [2.24, 2.45) is 0 Å². The van der Waals surface area contributed by atoms with E-state index in [2.05, 4.69) is 4.98 Å². The van der Waals surface area contributed by atoms with Gasteiger partial charge in [0.05, 0.1) is 17.8 Å². The van der Waals surface area contributed by atoms with Crippen molar-refractivity contribution in [3.63, 3.8) is 0 Å². The lowest BCUT2D eigenvalue weighted by Gasteiger charge is -2.32. The zero-order valence-corrected chi connectivity index (χ0v) is 12.6. The van der Waals surface area contributed by atoms with Crippen molar-refractivity contribution >= 4 is 12.6 Å². The highest BCUT2D eigenvalue weighted by atomic mass is 16.7. The van der Waals surface area contributed by atoms with E-state index in [1.165, 1.54) is 0 Å². The number of ether oxygens (including phenoxy) is 1. The van der Waals surface area contributed by atoms with E-state index in [1.54, 1.807) is 19.4 Å². The number of rotatable bonds is 3. The summed E-state index contributed by atoms with van der Waals surface area (Å²) in [5, 5.41) is 8.94. The number of aromatic nitrogens is 1. The molecule has 6 heteroatoms. The fraction of sp³-hybridized carbons (Fsp3) is 0.571. The molecule has 0 radical (unpaired) electrons. The Bertz CT molecular complexity index is 536. The van der Waals surface area contributed by atoms with Crippen LogP contribution < -0.4 is 5.46 Å². The summed E-state index contributed by atoms with van der Waals surface area (Å²) in [4.78, 5) is 4.10. The Morgan fingerprint density at radius 3 is 2.40 bits per heavy atom. The van der Waals surface area contributed by atoms with Crippen molar-refractivity contribution in [2.45, 2.75) is 45.5 Å². The molecule has 0 saturated carbocycles. The molecule has 1 aromatic heterocycles. The van der Waals surface area contributed by atoms with E-state index in [1.807, 2.05) is 33.8 Å². The minimum atomic E-state index is -0.495. The van der Waals surface area contributed by atoms with Crippen LogP contribution in [0.2, 0.25) is 0 Å². The topological polar surface area (TPSA) is 64.4 Å². The summed E-state index contributed by atoms with van der Waals surface area (Å²) >= 11 is 0. The molecule has 0 aromatic carbocycles. The molecule has 20 heavy (non-hydrogen) atoms. The van der Waals surface area contributed by atoms with Crippen LogP contribution in [0.4, 0.5) is 0 Å². The van der Waals surface area contributed by atoms with Crippen LogP contribution in [0.3, 0.4) is 0 Å². The molecule has 0 amide bonds. The second kappa shape index (κ2) is 5.17. The van der Waals surface area contributed by atoms with Crippen molar-refractivity contribution in [1.82, 2.24) is 4.98 Å². The predicted molar refractivity (Wildman–Crippen MR) is 75.4 cm³/mol. The van der Waals surface area contributed by atoms with E-state index < -0.39 is 18.3 Å². The number of nitrogens with zero attached hydrogens (tertiary/aromatic N) is 2. The summed E-state index contributed by atoms with van der Waals surface area (Å²) in [6.45, 7) is 8.39. The molecule has 0 N–H and O–H groups in total. The minimum absolute atomic E-state index is 0.359. The smallest absolute Gasteiger partial charge is 0.399 e. The standard InChI is InChI=1S/C14H19BN2O3/c1-13(2)14(3,4)20-15(19-13)12-8-17-11(7-16)6-10(12)9-18-5/h6,8H,9H2,1-5H3. The summed E-state index contributed by atoms with van der Waals surface area (Å²) in [5.74, 6) is 0. The average Bonchev–Trinajstić information content (AvgIpc) is 2.58. The molecule has 5 nitrogen and oxygen atoms in total. The molecule has 0 aliphatic carbocycles. The Labute approximate surface area is 120 Å². The monoisotopic (exact) mass is 274 g/mol. The zero-order chi connectivity index (χ0) is 15.0. The van der Waals surface area contributed by atoms with Gasteiger partial charge in [0.1, 0.15) is 11.8 Å². The molecule has 0 bridgehead atoms. The van der Waals surface area contributed by atoms with Crippen LogP contribution in [0.5, 0.6) is 0 Å². The maximum Gasteiger partial charge on any atom is 0.496 e. The first kappa shape index (κ1) is 15.0. The van der Waals surface area contributed by atoms with Crippen molar-refractivity contribution in [3.8, 4) is 6.07 Å². The van der Waals surface area contributed by atoms with Gasteiger partial charge in [0.15, 0.2) is 0 Å². The van der Waals surface area contributed by atoms with Crippen LogP contribution >= 0.6 is 0 Å². The van der Waals surface area contributed by atoms with Gasteiger partial charge >= 0.3 is 7.12 Å². The Morgan fingerprint density at radius 1 is 1.30 bits per heavy atom. The number of hydrogen-bond donors (Lipinski definition) is 0. The van der Waals surface area contributed by atoms with Crippen molar-refractivity contribution < 1.29 is 14.0 Å². The van der Waals surface area contributed by atoms with Gasteiger partial charge in [-0.25, -0.2) is 4.98 Å². The Balaban J connectivity index is 2.37. The molecular formula is C14H19BN2O3. The number of methoxy groups -OCH3 is 1. The van der Waals surface area contributed by atoms with Gasteiger partial charge in [0.25, 0.3) is 0 Å². The second-order valence-corrected chi connectivity index (χ2v) is 5.90. The maximum absolute atomic E-state index is 8.94. The lowest BCUT2D eigenvalue weighted by Crippen LogP contribution is -2.41. The van der Waals surface area contributed by atoms with Crippen LogP contribution in [0, 0.1) is 11.3 Å². The van der Waals surface area contributed by atoms with Gasteiger partial charge < -0.3 is 14.0 Å². The van der Waals surface area contributed by atoms with E-state index in [4.69, 9.17) is 19.3 Å². The van der Waals surface area contributed by atoms with Gasteiger partial charge in [-0.2, -0.15) is 5.26 Å². The third-order valence-electron chi connectivity index (χ3n) is 3.95. The molecule has 1 aliphatic rings. The third kappa shape index (κ3) is 2.57. The fourth-order valence-electron chi connectivity index (χ4n) is 2.03. The van der Waals surface area contributed by atoms with Crippen LogP contribution in [0.25, 0.3) is 0 Å². The van der Waals surface area contributed by atoms with Crippen molar-refractivity contribution in [1.29, 1.82) is 5.26 Å². The molecule has 0 unspecified atom stereocenters. The highest BCUT2D eigenvalue weighted by Crippen LogP contribution is 2.36. The van der Waals surface area contributed by atoms with E-state index >= 15 is 0 Å². The molecule has 2 rings (SSSR count). The van der Waals surface area contributed by atoms with E-state index in [-0.39, 0.29) is 0 Å². The maximum atomic E-state index is 8.94. The third-order valence-corrected chi connectivity index (χ3v) is 3.95. The molecule has 0 atom stereocenters. The zero-order valence-electron chi connectivity index (χ0n) is 12.6. The number of pyridine rings is 1. The largest absolute Gasteiger partial charge is 0.496 e. The van der Waals surface area contributed by atoms with Gasteiger partial charge in [0, 0.05) is 18.8 Å². The summed E-state index contributed by atoms with van der Waals surface area (Å²) < 4.78 is 17.2. The first-order valence-electron chi connectivity index (χ1n) is 6.54. The molecule has 106 valence electrons. The van der Waals surface area contributed by atoms with Crippen LogP contribution in [0.15, 0.2) is 12.3 Å². The molecule has 2 heterocycles. The highest BCUT2D eigenvalue weighted by molar-refractivity contribution is 6.62. The Kier molecular flexibility index (Phi) is 3.87. The first-order chi connectivity index (χ1) is 9.30. The summed E-state index contributed by atoms with van der Waals surface area (Å²) in [5.41, 5.74) is 1.21. The Hall–Kier alpha value is -1.42. The lowest BCUT2D eigenvalue weighted by molar-refractivity contribution is 0.00578. The van der Waals surface area contributed by atoms with Gasteiger partial charge in [-0.05, 0) is 39.3 Å². The van der Waals surface area contributed by atoms with Gasteiger partial charge in [-0.15, -0.1) is 0 Å². The fourth-order valence-corrected chi connectivity index (χ4v) is 2.03. The van der Waals surface area contributed by atoms with Crippen molar-refractivity contribution in [2.75, 3.05) is 7.11 Å². The van der Waals surface area contributed by atoms with Crippen LogP contribution in [-0.2, 0) is 20.7 Å². The molecular weight excluding hydrogens is 255 g/mol. The number of nitriles is 1. The molecule has 1 aliphatic heterocycles. The molecule has 1 saturated heterocycles. The number of hydrogen-bond acceptors (Lipinski definition) is 5. The highest BCUT2D eigenvalue weighted by Gasteiger charge is 2.52. The minimum Gasteiger partial charge on any atom is -0.399 e. The van der Waals surface area contributed by atoms with Crippen LogP contribution in [-0.4, -0.2) is 30.4 Å². The molecule has 1 fully saturated rings. The van der Waals surface area contributed by atoms with E-state index in [9.17, 15) is 0 Å². The van der Waals surface area contributed by atoms with Gasteiger partial charge in [0.2, 0.25) is 0 Å².